The van der Waals surface area contributed by atoms with Crippen molar-refractivity contribution in [3.63, 3.8) is 0 Å². The lowest BCUT2D eigenvalue weighted by Gasteiger charge is -2.56. The van der Waals surface area contributed by atoms with Gasteiger partial charge in [0.15, 0.2) is 0 Å². The van der Waals surface area contributed by atoms with Crippen LogP contribution in [0.2, 0.25) is 0 Å². The molecule has 4 aliphatic carbocycles. The molecule has 0 aliphatic heterocycles. The molecule has 3 nitrogen and oxygen atoms in total. The van der Waals surface area contributed by atoms with Crippen LogP contribution in [0, 0.1) is 40.9 Å². The van der Waals surface area contributed by atoms with Crippen LogP contribution in [-0.2, 0) is 4.79 Å². The summed E-state index contributed by atoms with van der Waals surface area (Å²) < 4.78 is 0. The zero-order valence-corrected chi connectivity index (χ0v) is 15.8. The second-order valence-corrected chi connectivity index (χ2v) is 10.1. The Morgan fingerprint density at radius 2 is 1.84 bits per heavy atom. The van der Waals surface area contributed by atoms with Crippen molar-refractivity contribution in [1.82, 2.24) is 0 Å². The minimum absolute atomic E-state index is 0.0963. The van der Waals surface area contributed by atoms with Crippen LogP contribution in [0.1, 0.15) is 65.2 Å². The van der Waals surface area contributed by atoms with E-state index >= 15 is 0 Å². The number of aliphatic hydroxyl groups is 2. The molecule has 0 aromatic rings. The molecule has 0 bridgehead atoms. The van der Waals surface area contributed by atoms with Crippen molar-refractivity contribution in [2.24, 2.45) is 40.9 Å². The van der Waals surface area contributed by atoms with Gasteiger partial charge in [-0.05, 0) is 92.4 Å². The van der Waals surface area contributed by atoms with Gasteiger partial charge >= 0.3 is 0 Å². The lowest BCUT2D eigenvalue weighted by Crippen LogP contribution is -2.53. The van der Waals surface area contributed by atoms with Crippen molar-refractivity contribution in [3.8, 4) is 0 Å². The molecule has 4 rings (SSSR count). The molecule has 0 aromatic heterocycles. The van der Waals surface area contributed by atoms with Gasteiger partial charge in [-0.25, -0.2) is 0 Å². The van der Waals surface area contributed by atoms with Crippen LogP contribution in [0.15, 0.2) is 12.2 Å². The Labute approximate surface area is 151 Å². The number of fused-ring (bicyclic) bond motifs is 5. The third-order valence-corrected chi connectivity index (χ3v) is 8.78. The van der Waals surface area contributed by atoms with Gasteiger partial charge < -0.3 is 10.2 Å². The Hall–Kier alpha value is -0.670. The minimum Gasteiger partial charge on any atom is -0.392 e. The molecule has 25 heavy (non-hydrogen) atoms. The second-order valence-electron chi connectivity index (χ2n) is 10.1. The molecule has 4 saturated carbocycles. The summed E-state index contributed by atoms with van der Waals surface area (Å²) in [6.07, 6.45) is 7.98. The summed E-state index contributed by atoms with van der Waals surface area (Å²) in [5, 5.41) is 20.1. The average Bonchev–Trinajstić information content (AvgIpc) is 2.91. The largest absolute Gasteiger partial charge is 0.392 e. The molecule has 3 heteroatoms. The molecule has 4 fully saturated rings. The molecular weight excluding hydrogens is 312 g/mol. The number of carbonyl (C=O) groups excluding carboxylic acids is 1. The van der Waals surface area contributed by atoms with E-state index in [-0.39, 0.29) is 17.9 Å². The van der Waals surface area contributed by atoms with Crippen molar-refractivity contribution in [3.05, 3.63) is 12.2 Å². The predicted octanol–water partition coefficient (Wildman–Crippen LogP) is 3.73. The highest BCUT2D eigenvalue weighted by atomic mass is 16.3. The van der Waals surface area contributed by atoms with E-state index in [1.54, 1.807) is 0 Å². The van der Waals surface area contributed by atoms with Gasteiger partial charge in [0.2, 0.25) is 0 Å². The van der Waals surface area contributed by atoms with Crippen LogP contribution in [-0.4, -0.2) is 28.2 Å². The van der Waals surface area contributed by atoms with E-state index in [4.69, 9.17) is 0 Å². The van der Waals surface area contributed by atoms with E-state index < -0.39 is 5.60 Å². The number of ketones is 1. The van der Waals surface area contributed by atoms with Crippen LogP contribution in [0.5, 0.6) is 0 Å². The Bertz CT molecular complexity index is 580. The smallest absolute Gasteiger partial charge is 0.136 e. The van der Waals surface area contributed by atoms with E-state index in [9.17, 15) is 15.0 Å². The van der Waals surface area contributed by atoms with Gasteiger partial charge in [-0.15, -0.1) is 0 Å². The second kappa shape index (κ2) is 5.92. The van der Waals surface area contributed by atoms with E-state index in [0.717, 1.165) is 31.3 Å². The fourth-order valence-corrected chi connectivity index (χ4v) is 7.58. The summed E-state index contributed by atoms with van der Waals surface area (Å²) in [6.45, 7) is 8.55. The highest BCUT2D eigenvalue weighted by Crippen LogP contribution is 2.65. The first kappa shape index (κ1) is 17.7. The van der Waals surface area contributed by atoms with Crippen LogP contribution >= 0.6 is 0 Å². The van der Waals surface area contributed by atoms with Crippen molar-refractivity contribution < 1.29 is 15.0 Å². The predicted molar refractivity (Wildman–Crippen MR) is 97.8 cm³/mol. The summed E-state index contributed by atoms with van der Waals surface area (Å²) in [4.78, 5) is 13.0. The van der Waals surface area contributed by atoms with Gasteiger partial charge in [-0.2, -0.15) is 0 Å². The molecule has 0 unspecified atom stereocenters. The van der Waals surface area contributed by atoms with Crippen LogP contribution in [0.25, 0.3) is 0 Å². The van der Waals surface area contributed by atoms with Crippen LogP contribution in [0.3, 0.4) is 0 Å². The zero-order chi connectivity index (χ0) is 18.0. The first-order valence-corrected chi connectivity index (χ1v) is 10.3. The van der Waals surface area contributed by atoms with E-state index in [2.05, 4.69) is 13.5 Å². The maximum Gasteiger partial charge on any atom is 0.136 e. The Morgan fingerprint density at radius 3 is 2.56 bits per heavy atom. The molecular formula is C22H34O3. The lowest BCUT2D eigenvalue weighted by molar-refractivity contribution is -0.148. The monoisotopic (exact) mass is 346 g/mol. The van der Waals surface area contributed by atoms with E-state index in [1.807, 2.05) is 6.92 Å². The number of aliphatic hydroxyl groups excluding tert-OH is 1. The Kier molecular flexibility index (Phi) is 4.20. The fraction of sp³-hybridized carbons (Fsp3) is 0.864. The molecule has 140 valence electrons. The van der Waals surface area contributed by atoms with Crippen molar-refractivity contribution in [2.45, 2.75) is 70.8 Å². The number of Topliss-reactive ketones (excluding diaryl/α,β-unsaturated/α-hetero) is 1. The first-order chi connectivity index (χ1) is 11.8. The summed E-state index contributed by atoms with van der Waals surface area (Å²) in [5.74, 6) is 3.22. The molecule has 4 aliphatic rings. The number of hydrogen-bond acceptors (Lipinski definition) is 3. The maximum atomic E-state index is 13.0. The first-order valence-electron chi connectivity index (χ1n) is 10.3. The highest BCUT2D eigenvalue weighted by molar-refractivity contribution is 5.83. The summed E-state index contributed by atoms with van der Waals surface area (Å²) in [5.41, 5.74) is 0.565. The van der Waals surface area contributed by atoms with Crippen molar-refractivity contribution >= 4 is 5.78 Å². The quantitative estimate of drug-likeness (QED) is 0.749. The summed E-state index contributed by atoms with van der Waals surface area (Å²) >= 11 is 0. The lowest BCUT2D eigenvalue weighted by atomic mass is 9.48. The number of rotatable bonds is 2. The number of carbonyl (C=O) groups is 1. The topological polar surface area (TPSA) is 57.5 Å². The molecule has 8 atom stereocenters. The minimum atomic E-state index is -0.649. The number of hydrogen-bond donors (Lipinski definition) is 2. The average molecular weight is 347 g/mol. The van der Waals surface area contributed by atoms with Gasteiger partial charge in [-0.3, -0.25) is 4.79 Å². The van der Waals surface area contributed by atoms with Crippen LogP contribution in [0.4, 0.5) is 0 Å². The van der Waals surface area contributed by atoms with E-state index in [0.29, 0.717) is 41.8 Å². The zero-order valence-electron chi connectivity index (χ0n) is 15.8. The van der Waals surface area contributed by atoms with Gasteiger partial charge in [-0.1, -0.05) is 13.5 Å². The van der Waals surface area contributed by atoms with Gasteiger partial charge in [0, 0.05) is 12.3 Å². The third kappa shape index (κ3) is 2.65. The third-order valence-electron chi connectivity index (χ3n) is 8.78. The van der Waals surface area contributed by atoms with Gasteiger partial charge in [0.25, 0.3) is 0 Å². The molecule has 0 aromatic carbocycles. The van der Waals surface area contributed by atoms with Gasteiger partial charge in [0.05, 0.1) is 12.2 Å². The maximum absolute atomic E-state index is 13.0. The highest BCUT2D eigenvalue weighted by Gasteiger charge is 2.59. The van der Waals surface area contributed by atoms with Gasteiger partial charge in [0.1, 0.15) is 5.78 Å². The summed E-state index contributed by atoms with van der Waals surface area (Å²) in [7, 11) is 0. The molecule has 2 N–H and O–H groups in total. The Balaban J connectivity index is 1.59. The molecule has 0 spiro atoms. The standard InChI is InChI=1S/C22H34O3/c1-13(12-23)18-4-5-19-16-10-20(24)17-11-21(2,25)8-6-15(17)14(16)7-9-22(18,19)3/h14-19,23,25H,1,4-12H2,2-3H3/t14-,15-,16-,17-,18-,19+,21+,22-/m1/s1. The van der Waals surface area contributed by atoms with E-state index in [1.165, 1.54) is 19.3 Å². The fourth-order valence-electron chi connectivity index (χ4n) is 7.58. The molecule has 0 heterocycles. The van der Waals surface area contributed by atoms with Crippen LogP contribution < -0.4 is 0 Å². The Morgan fingerprint density at radius 1 is 1.12 bits per heavy atom. The van der Waals surface area contributed by atoms with Crippen molar-refractivity contribution in [1.29, 1.82) is 0 Å². The van der Waals surface area contributed by atoms with Crippen molar-refractivity contribution in [2.75, 3.05) is 6.61 Å². The molecule has 0 saturated heterocycles. The SMILES string of the molecule is C=C(CO)[C@H]1CC[C@H]2[C@@H]3CC(=O)[C@@H]4C[C@@](C)(O)CC[C@@H]4[C@H]3CC[C@]12C. The molecule has 0 amide bonds. The molecule has 0 radical (unpaired) electrons. The normalized spacial score (nSPS) is 52.2. The summed E-state index contributed by atoms with van der Waals surface area (Å²) in [6, 6.07) is 0.